The topological polar surface area (TPSA) is 6.48 Å². The summed E-state index contributed by atoms with van der Waals surface area (Å²) in [5.41, 5.74) is 0. The SMILES string of the molecule is CN(CCBr)CC1CCN(C)C1. The standard InChI is InChI=1S/C9H19BrN2/c1-11-5-3-9(7-11)8-12(2)6-4-10/h9H,3-8H2,1-2H3. The van der Waals surface area contributed by atoms with Crippen molar-refractivity contribution in [1.29, 1.82) is 0 Å². The normalized spacial score (nSPS) is 25.5. The van der Waals surface area contributed by atoms with E-state index in [1.807, 2.05) is 0 Å². The molecule has 3 heteroatoms. The summed E-state index contributed by atoms with van der Waals surface area (Å²) >= 11 is 3.46. The maximum atomic E-state index is 3.46. The molecule has 2 nitrogen and oxygen atoms in total. The van der Waals surface area contributed by atoms with Crippen molar-refractivity contribution in [3.63, 3.8) is 0 Å². The van der Waals surface area contributed by atoms with Crippen molar-refractivity contribution in [2.45, 2.75) is 6.42 Å². The molecule has 12 heavy (non-hydrogen) atoms. The average molecular weight is 235 g/mol. The van der Waals surface area contributed by atoms with E-state index in [9.17, 15) is 0 Å². The van der Waals surface area contributed by atoms with E-state index >= 15 is 0 Å². The lowest BCUT2D eigenvalue weighted by molar-refractivity contribution is 0.287. The maximum absolute atomic E-state index is 3.46. The molecule has 0 spiro atoms. The molecule has 0 radical (unpaired) electrons. The van der Waals surface area contributed by atoms with Crippen molar-refractivity contribution < 1.29 is 0 Å². The first kappa shape index (κ1) is 10.5. The lowest BCUT2D eigenvalue weighted by atomic mass is 10.1. The van der Waals surface area contributed by atoms with Crippen LogP contribution in [0.2, 0.25) is 0 Å². The van der Waals surface area contributed by atoms with Crippen LogP contribution in [0.4, 0.5) is 0 Å². The summed E-state index contributed by atoms with van der Waals surface area (Å²) in [5, 5.41) is 1.09. The molecular formula is C9H19BrN2. The van der Waals surface area contributed by atoms with Gasteiger partial charge in [0.05, 0.1) is 0 Å². The lowest BCUT2D eigenvalue weighted by Crippen LogP contribution is -2.28. The fraction of sp³-hybridized carbons (Fsp3) is 1.00. The molecule has 1 atom stereocenters. The quantitative estimate of drug-likeness (QED) is 0.677. The number of nitrogens with zero attached hydrogens (tertiary/aromatic N) is 2. The molecule has 0 aromatic carbocycles. The predicted molar refractivity (Wildman–Crippen MR) is 56.9 cm³/mol. The van der Waals surface area contributed by atoms with Crippen LogP contribution in [0.25, 0.3) is 0 Å². The Morgan fingerprint density at radius 1 is 1.58 bits per heavy atom. The van der Waals surface area contributed by atoms with Crippen LogP contribution < -0.4 is 0 Å². The molecule has 0 aromatic rings. The van der Waals surface area contributed by atoms with Crippen LogP contribution in [0.5, 0.6) is 0 Å². The minimum absolute atomic E-state index is 0.902. The van der Waals surface area contributed by atoms with E-state index in [0.717, 1.165) is 11.2 Å². The highest BCUT2D eigenvalue weighted by molar-refractivity contribution is 9.09. The molecule has 1 aliphatic rings. The van der Waals surface area contributed by atoms with Gasteiger partial charge in [-0.15, -0.1) is 0 Å². The average Bonchev–Trinajstić information content (AvgIpc) is 2.36. The van der Waals surface area contributed by atoms with Gasteiger partial charge < -0.3 is 9.80 Å². The highest BCUT2D eigenvalue weighted by Gasteiger charge is 2.20. The van der Waals surface area contributed by atoms with E-state index in [2.05, 4.69) is 39.8 Å². The monoisotopic (exact) mass is 234 g/mol. The third-order valence-corrected chi connectivity index (χ3v) is 2.88. The number of halogens is 1. The molecule has 0 saturated carbocycles. The van der Waals surface area contributed by atoms with E-state index < -0.39 is 0 Å². The molecule has 1 heterocycles. The molecule has 0 aliphatic carbocycles. The third kappa shape index (κ3) is 3.42. The van der Waals surface area contributed by atoms with Crippen molar-refractivity contribution in [3.05, 3.63) is 0 Å². The second kappa shape index (κ2) is 5.20. The zero-order chi connectivity index (χ0) is 8.97. The van der Waals surface area contributed by atoms with Crippen LogP contribution in [0.1, 0.15) is 6.42 Å². The second-order valence-electron chi connectivity index (χ2n) is 3.87. The van der Waals surface area contributed by atoms with Gasteiger partial charge in [-0.1, -0.05) is 15.9 Å². The van der Waals surface area contributed by atoms with Crippen LogP contribution in [0, 0.1) is 5.92 Å². The molecule has 0 bridgehead atoms. The number of alkyl halides is 1. The van der Waals surface area contributed by atoms with Crippen molar-refractivity contribution >= 4 is 15.9 Å². The van der Waals surface area contributed by atoms with E-state index in [0.29, 0.717) is 0 Å². The molecule has 0 amide bonds. The lowest BCUT2D eigenvalue weighted by Gasteiger charge is -2.19. The number of rotatable bonds is 4. The Kier molecular flexibility index (Phi) is 4.54. The van der Waals surface area contributed by atoms with Gasteiger partial charge in [0.2, 0.25) is 0 Å². The van der Waals surface area contributed by atoms with Gasteiger partial charge in [-0.3, -0.25) is 0 Å². The van der Waals surface area contributed by atoms with Crippen LogP contribution >= 0.6 is 15.9 Å². The van der Waals surface area contributed by atoms with E-state index in [1.165, 1.54) is 32.6 Å². The van der Waals surface area contributed by atoms with Gasteiger partial charge in [-0.2, -0.15) is 0 Å². The molecule has 72 valence electrons. The first-order valence-electron chi connectivity index (χ1n) is 4.65. The highest BCUT2D eigenvalue weighted by atomic mass is 79.9. The van der Waals surface area contributed by atoms with Crippen molar-refractivity contribution in [2.24, 2.45) is 5.92 Å². The van der Waals surface area contributed by atoms with Crippen LogP contribution in [-0.4, -0.2) is 55.4 Å². The molecule has 1 rings (SSSR count). The zero-order valence-electron chi connectivity index (χ0n) is 8.09. The summed E-state index contributed by atoms with van der Waals surface area (Å²) in [5.74, 6) is 0.902. The predicted octanol–water partition coefficient (Wildman–Crippen LogP) is 1.26. The summed E-state index contributed by atoms with van der Waals surface area (Å²) in [6, 6.07) is 0. The molecule has 0 N–H and O–H groups in total. The summed E-state index contributed by atoms with van der Waals surface area (Å²) in [6.45, 7) is 5.00. The molecule has 1 saturated heterocycles. The smallest absolute Gasteiger partial charge is 0.0159 e. The second-order valence-corrected chi connectivity index (χ2v) is 4.66. The van der Waals surface area contributed by atoms with Crippen LogP contribution in [0.3, 0.4) is 0 Å². The van der Waals surface area contributed by atoms with Gasteiger partial charge >= 0.3 is 0 Å². The Balaban J connectivity index is 2.14. The van der Waals surface area contributed by atoms with Gasteiger partial charge in [-0.25, -0.2) is 0 Å². The summed E-state index contributed by atoms with van der Waals surface area (Å²) in [7, 11) is 4.42. The van der Waals surface area contributed by atoms with Crippen LogP contribution in [0.15, 0.2) is 0 Å². The van der Waals surface area contributed by atoms with E-state index in [1.54, 1.807) is 0 Å². The van der Waals surface area contributed by atoms with Crippen molar-refractivity contribution in [3.8, 4) is 0 Å². The Bertz CT molecular complexity index is 130. The Morgan fingerprint density at radius 3 is 2.83 bits per heavy atom. The molecular weight excluding hydrogens is 216 g/mol. The summed E-state index contributed by atoms with van der Waals surface area (Å²) in [4.78, 5) is 4.84. The Hall–Kier alpha value is 0.400. The van der Waals surface area contributed by atoms with Crippen molar-refractivity contribution in [2.75, 3.05) is 45.6 Å². The largest absolute Gasteiger partial charge is 0.306 e. The first-order valence-corrected chi connectivity index (χ1v) is 5.77. The third-order valence-electron chi connectivity index (χ3n) is 2.53. The summed E-state index contributed by atoms with van der Waals surface area (Å²) < 4.78 is 0. The highest BCUT2D eigenvalue weighted by Crippen LogP contribution is 2.14. The molecule has 0 aromatic heterocycles. The van der Waals surface area contributed by atoms with Gasteiger partial charge in [0.1, 0.15) is 0 Å². The molecule has 1 unspecified atom stereocenters. The first-order chi connectivity index (χ1) is 5.72. The Labute approximate surface area is 84.0 Å². The fourth-order valence-corrected chi connectivity index (χ4v) is 2.46. The van der Waals surface area contributed by atoms with Gasteiger partial charge in [0.25, 0.3) is 0 Å². The van der Waals surface area contributed by atoms with Crippen molar-refractivity contribution in [1.82, 2.24) is 9.80 Å². The van der Waals surface area contributed by atoms with E-state index in [4.69, 9.17) is 0 Å². The fourth-order valence-electron chi connectivity index (χ4n) is 1.85. The van der Waals surface area contributed by atoms with Gasteiger partial charge in [0, 0.05) is 25.0 Å². The minimum Gasteiger partial charge on any atom is -0.306 e. The maximum Gasteiger partial charge on any atom is 0.0159 e. The molecule has 1 aliphatic heterocycles. The minimum atomic E-state index is 0.902. The van der Waals surface area contributed by atoms with Crippen LogP contribution in [-0.2, 0) is 0 Å². The number of likely N-dealkylation sites (tertiary alicyclic amines) is 1. The van der Waals surface area contributed by atoms with Gasteiger partial charge in [-0.05, 0) is 33.0 Å². The summed E-state index contributed by atoms with van der Waals surface area (Å²) in [6.07, 6.45) is 1.38. The Morgan fingerprint density at radius 2 is 2.33 bits per heavy atom. The number of hydrogen-bond donors (Lipinski definition) is 0. The van der Waals surface area contributed by atoms with Gasteiger partial charge in [0.15, 0.2) is 0 Å². The number of hydrogen-bond acceptors (Lipinski definition) is 2. The molecule has 1 fully saturated rings. The zero-order valence-corrected chi connectivity index (χ0v) is 9.68. The van der Waals surface area contributed by atoms with E-state index in [-0.39, 0.29) is 0 Å².